The van der Waals surface area contributed by atoms with E-state index in [1.807, 2.05) is 12.1 Å². The molecule has 0 unspecified atom stereocenters. The summed E-state index contributed by atoms with van der Waals surface area (Å²) in [5.41, 5.74) is 3.16. The molecule has 2 aromatic rings. The van der Waals surface area contributed by atoms with Gasteiger partial charge in [0.15, 0.2) is 6.61 Å². The van der Waals surface area contributed by atoms with E-state index in [2.05, 4.69) is 55.7 Å². The lowest BCUT2D eigenvalue weighted by Gasteiger charge is -2.08. The molecule has 0 heterocycles. The molecule has 0 aliphatic rings. The molecule has 9 heteroatoms. The molecule has 2 aromatic carbocycles. The molecule has 0 radical (unpaired) electrons. The normalized spacial score (nSPS) is 10.8. The second-order valence-electron chi connectivity index (χ2n) is 4.67. The third kappa shape index (κ3) is 6.15. The average molecular weight is 605 g/mol. The van der Waals surface area contributed by atoms with E-state index in [1.165, 1.54) is 6.21 Å². The van der Waals surface area contributed by atoms with Crippen LogP contribution in [0.25, 0.3) is 0 Å². The van der Waals surface area contributed by atoms with Gasteiger partial charge in [0.05, 0.1) is 21.9 Å². The summed E-state index contributed by atoms with van der Waals surface area (Å²) in [4.78, 5) is 11.8. The minimum Gasteiger partial charge on any atom is -0.495 e. The number of hydrazone groups is 1. The van der Waals surface area contributed by atoms with Crippen molar-refractivity contribution in [1.29, 1.82) is 0 Å². The monoisotopic (exact) mass is 604 g/mol. The van der Waals surface area contributed by atoms with Gasteiger partial charge in [-0.1, -0.05) is 23.2 Å². The number of methoxy groups -OCH3 is 1. The molecule has 0 aliphatic carbocycles. The molecule has 25 heavy (non-hydrogen) atoms. The first-order chi connectivity index (χ1) is 11.9. The maximum absolute atomic E-state index is 11.8. The van der Waals surface area contributed by atoms with Crippen molar-refractivity contribution < 1.29 is 14.3 Å². The van der Waals surface area contributed by atoms with E-state index in [1.54, 1.807) is 25.3 Å². The molecule has 0 spiro atoms. The Morgan fingerprint density at radius 3 is 2.72 bits per heavy atom. The van der Waals surface area contributed by atoms with Crippen LogP contribution in [0.2, 0.25) is 10.0 Å². The Balaban J connectivity index is 1.95. The second kappa shape index (κ2) is 9.79. The van der Waals surface area contributed by atoms with Gasteiger partial charge in [0.2, 0.25) is 0 Å². The number of nitrogens with zero attached hydrogens (tertiary/aromatic N) is 1. The first kappa shape index (κ1) is 20.5. The predicted octanol–water partition coefficient (Wildman–Crippen LogP) is 4.74. The van der Waals surface area contributed by atoms with E-state index < -0.39 is 5.91 Å². The Kier molecular flexibility index (Phi) is 8.04. The van der Waals surface area contributed by atoms with E-state index in [0.29, 0.717) is 21.5 Å². The van der Waals surface area contributed by atoms with Gasteiger partial charge >= 0.3 is 0 Å². The molecule has 0 bridgehead atoms. The van der Waals surface area contributed by atoms with E-state index in [0.717, 1.165) is 12.7 Å². The van der Waals surface area contributed by atoms with Crippen LogP contribution in [0.5, 0.6) is 11.5 Å². The van der Waals surface area contributed by atoms with Crippen molar-refractivity contribution >= 4 is 80.5 Å². The zero-order valence-electron chi connectivity index (χ0n) is 12.9. The molecule has 0 atom stereocenters. The van der Waals surface area contributed by atoms with Crippen LogP contribution < -0.4 is 14.9 Å². The van der Waals surface area contributed by atoms with Gasteiger partial charge in [-0.3, -0.25) is 4.79 Å². The van der Waals surface area contributed by atoms with Crippen LogP contribution in [0.4, 0.5) is 0 Å². The van der Waals surface area contributed by atoms with Gasteiger partial charge in [0, 0.05) is 14.2 Å². The molecule has 0 saturated heterocycles. The fourth-order valence-electron chi connectivity index (χ4n) is 1.83. The minimum absolute atomic E-state index is 0.223. The van der Waals surface area contributed by atoms with E-state index in [-0.39, 0.29) is 6.61 Å². The molecule has 1 amide bonds. The Labute approximate surface area is 182 Å². The van der Waals surface area contributed by atoms with Crippen LogP contribution in [0.15, 0.2) is 35.4 Å². The quantitative estimate of drug-likeness (QED) is 0.295. The number of carbonyl (C=O) groups excluding carboxylic acids is 1. The smallest absolute Gasteiger partial charge is 0.277 e. The van der Waals surface area contributed by atoms with Crippen molar-refractivity contribution in [3.8, 4) is 11.5 Å². The highest BCUT2D eigenvalue weighted by Gasteiger charge is 2.08. The summed E-state index contributed by atoms with van der Waals surface area (Å²) in [7, 11) is 1.59. The fraction of sp³-hybridized carbons (Fsp3) is 0.125. The molecular formula is C16H12Cl2I2N2O3. The summed E-state index contributed by atoms with van der Waals surface area (Å²) in [6.45, 7) is -0.223. The highest BCUT2D eigenvalue weighted by atomic mass is 127. The lowest BCUT2D eigenvalue weighted by Crippen LogP contribution is -2.24. The Morgan fingerprint density at radius 1 is 1.28 bits per heavy atom. The van der Waals surface area contributed by atoms with Gasteiger partial charge in [-0.05, 0) is 75.5 Å². The van der Waals surface area contributed by atoms with Gasteiger partial charge in [-0.25, -0.2) is 5.43 Å². The van der Waals surface area contributed by atoms with Crippen molar-refractivity contribution in [2.75, 3.05) is 13.7 Å². The van der Waals surface area contributed by atoms with Crippen molar-refractivity contribution in [2.24, 2.45) is 5.10 Å². The van der Waals surface area contributed by atoms with Gasteiger partial charge in [-0.2, -0.15) is 5.10 Å². The third-order valence-corrected chi connectivity index (χ3v) is 4.84. The number of ether oxygens (including phenoxy) is 2. The molecule has 0 saturated carbocycles. The Bertz CT molecular complexity index is 816. The maximum atomic E-state index is 11.8. The van der Waals surface area contributed by atoms with Crippen molar-refractivity contribution in [3.05, 3.63) is 53.1 Å². The summed E-state index contributed by atoms with van der Waals surface area (Å²) in [5.74, 6) is 0.656. The first-order valence-electron chi connectivity index (χ1n) is 6.83. The topological polar surface area (TPSA) is 59.9 Å². The van der Waals surface area contributed by atoms with Crippen LogP contribution in [0.1, 0.15) is 5.56 Å². The predicted molar refractivity (Wildman–Crippen MR) is 116 cm³/mol. The van der Waals surface area contributed by atoms with Crippen LogP contribution in [0.3, 0.4) is 0 Å². The number of nitrogens with one attached hydrogen (secondary N) is 1. The molecule has 0 aliphatic heterocycles. The van der Waals surface area contributed by atoms with Gasteiger partial charge in [-0.15, -0.1) is 0 Å². The van der Waals surface area contributed by atoms with Crippen LogP contribution in [-0.2, 0) is 4.79 Å². The van der Waals surface area contributed by atoms with Crippen molar-refractivity contribution in [2.45, 2.75) is 0 Å². The molecule has 132 valence electrons. The van der Waals surface area contributed by atoms with Crippen LogP contribution >= 0.6 is 68.4 Å². The average Bonchev–Trinajstić information content (AvgIpc) is 2.53. The highest BCUT2D eigenvalue weighted by Crippen LogP contribution is 2.28. The van der Waals surface area contributed by atoms with Crippen LogP contribution in [0, 0.1) is 7.14 Å². The summed E-state index contributed by atoms with van der Waals surface area (Å²) in [6, 6.07) is 8.66. The van der Waals surface area contributed by atoms with Gasteiger partial charge < -0.3 is 9.47 Å². The van der Waals surface area contributed by atoms with E-state index in [4.69, 9.17) is 32.7 Å². The lowest BCUT2D eigenvalue weighted by atomic mass is 10.2. The standard InChI is InChI=1S/C16H12Cl2I2N2O3/c1-24-16-9(4-11(19)6-13(16)20)7-21-22-15(23)8-25-14-3-2-10(17)5-12(14)18/h2-7H,8H2,1H3,(H,22,23)/b21-7+. The van der Waals surface area contributed by atoms with E-state index in [9.17, 15) is 4.79 Å². The second-order valence-corrected chi connectivity index (χ2v) is 7.92. The summed E-state index contributed by atoms with van der Waals surface area (Å²) in [6.07, 6.45) is 1.52. The largest absolute Gasteiger partial charge is 0.495 e. The molecule has 5 nitrogen and oxygen atoms in total. The number of benzene rings is 2. The minimum atomic E-state index is -0.415. The molecular weight excluding hydrogens is 593 g/mol. The zero-order chi connectivity index (χ0) is 18.4. The van der Waals surface area contributed by atoms with Gasteiger partial charge in [0.1, 0.15) is 11.5 Å². The number of carbonyl (C=O) groups is 1. The molecule has 2 rings (SSSR count). The lowest BCUT2D eigenvalue weighted by molar-refractivity contribution is -0.123. The Hall–Kier alpha value is -0.780. The Morgan fingerprint density at radius 2 is 2.04 bits per heavy atom. The van der Waals surface area contributed by atoms with Crippen molar-refractivity contribution in [1.82, 2.24) is 5.43 Å². The van der Waals surface area contributed by atoms with Gasteiger partial charge in [0.25, 0.3) is 5.91 Å². The summed E-state index contributed by atoms with van der Waals surface area (Å²) in [5, 5.41) is 4.76. The first-order valence-corrected chi connectivity index (χ1v) is 9.75. The molecule has 1 N–H and O–H groups in total. The van der Waals surface area contributed by atoms with Crippen molar-refractivity contribution in [3.63, 3.8) is 0 Å². The number of rotatable bonds is 6. The number of hydrogen-bond acceptors (Lipinski definition) is 4. The fourth-order valence-corrected chi connectivity index (χ4v) is 4.41. The number of hydrogen-bond donors (Lipinski definition) is 1. The third-order valence-electron chi connectivity index (χ3n) is 2.89. The van der Waals surface area contributed by atoms with E-state index >= 15 is 0 Å². The molecule has 0 aromatic heterocycles. The highest BCUT2D eigenvalue weighted by molar-refractivity contribution is 14.1. The molecule has 0 fully saturated rings. The summed E-state index contributed by atoms with van der Waals surface area (Å²) >= 11 is 16.2. The zero-order valence-corrected chi connectivity index (χ0v) is 18.7. The van der Waals surface area contributed by atoms with Crippen LogP contribution in [-0.4, -0.2) is 25.8 Å². The SMILES string of the molecule is COc1c(I)cc(I)cc1/C=N/NC(=O)COc1ccc(Cl)cc1Cl. The maximum Gasteiger partial charge on any atom is 0.277 e. The number of halogens is 4. The summed E-state index contributed by atoms with van der Waals surface area (Å²) < 4.78 is 12.7. The number of amides is 1.